The smallest absolute Gasteiger partial charge is 0.337 e. The Bertz CT molecular complexity index is 961. The molecule has 0 aliphatic carbocycles. The molecule has 0 spiro atoms. The standard InChI is InChI=1S/C18H11ClN2O2/c1-23-18(22)12-3-2-11-6-7-21-17(16(11)9-12)15-5-4-14(19)8-13(15)10-20/h2-9H,1H3. The molecule has 0 aliphatic heterocycles. The summed E-state index contributed by atoms with van der Waals surface area (Å²) in [5, 5.41) is 11.5. The maximum Gasteiger partial charge on any atom is 0.337 e. The monoisotopic (exact) mass is 322 g/mol. The van der Waals surface area contributed by atoms with Crippen molar-refractivity contribution in [1.29, 1.82) is 5.26 Å². The van der Waals surface area contributed by atoms with Crippen molar-refractivity contribution in [3.63, 3.8) is 0 Å². The number of nitriles is 1. The molecule has 5 heteroatoms. The molecule has 0 atom stereocenters. The van der Waals surface area contributed by atoms with Gasteiger partial charge in [0.1, 0.15) is 0 Å². The fourth-order valence-corrected chi connectivity index (χ4v) is 2.62. The Morgan fingerprint density at radius 3 is 2.78 bits per heavy atom. The Labute approximate surface area is 137 Å². The van der Waals surface area contributed by atoms with E-state index < -0.39 is 5.97 Å². The highest BCUT2D eigenvalue weighted by atomic mass is 35.5. The van der Waals surface area contributed by atoms with Gasteiger partial charge in [0.25, 0.3) is 0 Å². The molecule has 0 fully saturated rings. The van der Waals surface area contributed by atoms with E-state index in [-0.39, 0.29) is 0 Å². The number of fused-ring (bicyclic) bond motifs is 1. The van der Waals surface area contributed by atoms with Gasteiger partial charge in [0, 0.05) is 22.2 Å². The molecule has 0 saturated carbocycles. The predicted molar refractivity (Wildman–Crippen MR) is 88.2 cm³/mol. The van der Waals surface area contributed by atoms with Gasteiger partial charge in [-0.1, -0.05) is 17.7 Å². The molecule has 3 rings (SSSR count). The van der Waals surface area contributed by atoms with Gasteiger partial charge in [-0.15, -0.1) is 0 Å². The Kier molecular flexibility index (Phi) is 3.96. The molecular weight excluding hydrogens is 312 g/mol. The zero-order valence-electron chi connectivity index (χ0n) is 12.2. The lowest BCUT2D eigenvalue weighted by Crippen LogP contribution is -2.01. The largest absolute Gasteiger partial charge is 0.465 e. The number of esters is 1. The number of benzene rings is 2. The van der Waals surface area contributed by atoms with E-state index in [9.17, 15) is 10.1 Å². The lowest BCUT2D eigenvalue weighted by molar-refractivity contribution is 0.0601. The average Bonchev–Trinajstić information content (AvgIpc) is 2.60. The van der Waals surface area contributed by atoms with E-state index in [0.717, 1.165) is 10.8 Å². The van der Waals surface area contributed by atoms with Gasteiger partial charge in [-0.25, -0.2) is 4.79 Å². The Morgan fingerprint density at radius 1 is 1.22 bits per heavy atom. The van der Waals surface area contributed by atoms with Gasteiger partial charge in [-0.2, -0.15) is 5.26 Å². The Hall–Kier alpha value is -2.90. The number of aromatic nitrogens is 1. The minimum absolute atomic E-state index is 0.418. The SMILES string of the molecule is COC(=O)c1ccc2ccnc(-c3ccc(Cl)cc3C#N)c2c1. The molecule has 0 bridgehead atoms. The van der Waals surface area contributed by atoms with Crippen LogP contribution < -0.4 is 0 Å². The van der Waals surface area contributed by atoms with Crippen LogP contribution in [0.25, 0.3) is 22.0 Å². The number of halogens is 1. The van der Waals surface area contributed by atoms with E-state index in [1.165, 1.54) is 7.11 Å². The Balaban J connectivity index is 2.30. The summed E-state index contributed by atoms with van der Waals surface area (Å²) in [7, 11) is 1.34. The van der Waals surface area contributed by atoms with E-state index in [1.807, 2.05) is 12.1 Å². The fourth-order valence-electron chi connectivity index (χ4n) is 2.44. The first-order valence-electron chi connectivity index (χ1n) is 6.81. The van der Waals surface area contributed by atoms with Gasteiger partial charge in [0.2, 0.25) is 0 Å². The van der Waals surface area contributed by atoms with Crippen LogP contribution in [-0.2, 0) is 4.74 Å². The second-order valence-corrected chi connectivity index (χ2v) is 5.33. The topological polar surface area (TPSA) is 63.0 Å². The minimum Gasteiger partial charge on any atom is -0.465 e. The van der Waals surface area contributed by atoms with Crippen LogP contribution in [0.2, 0.25) is 5.02 Å². The summed E-state index contributed by atoms with van der Waals surface area (Å²) < 4.78 is 4.76. The van der Waals surface area contributed by atoms with Gasteiger partial charge in [-0.3, -0.25) is 4.98 Å². The first kappa shape index (κ1) is 15.0. The summed E-state index contributed by atoms with van der Waals surface area (Å²) in [6.45, 7) is 0. The van der Waals surface area contributed by atoms with E-state index in [2.05, 4.69) is 11.1 Å². The third kappa shape index (κ3) is 2.75. The summed E-state index contributed by atoms with van der Waals surface area (Å²) in [5.74, 6) is -0.418. The van der Waals surface area contributed by atoms with Crippen LogP contribution in [0.3, 0.4) is 0 Å². The van der Waals surface area contributed by atoms with Gasteiger partial charge in [-0.05, 0) is 41.8 Å². The molecule has 1 heterocycles. The average molecular weight is 323 g/mol. The van der Waals surface area contributed by atoms with Gasteiger partial charge >= 0.3 is 5.97 Å². The summed E-state index contributed by atoms with van der Waals surface area (Å²) in [5.41, 5.74) is 2.16. The van der Waals surface area contributed by atoms with Gasteiger partial charge in [0.15, 0.2) is 0 Å². The van der Waals surface area contributed by atoms with Crippen molar-refractivity contribution in [3.05, 3.63) is 64.8 Å². The fraction of sp³-hybridized carbons (Fsp3) is 0.0556. The molecule has 0 aliphatic rings. The Morgan fingerprint density at radius 2 is 2.04 bits per heavy atom. The number of pyridine rings is 1. The molecule has 3 aromatic rings. The lowest BCUT2D eigenvalue weighted by atomic mass is 9.98. The molecule has 0 radical (unpaired) electrons. The predicted octanol–water partition coefficient (Wildman–Crippen LogP) is 4.21. The van der Waals surface area contributed by atoms with Crippen LogP contribution in [0, 0.1) is 11.3 Å². The van der Waals surface area contributed by atoms with E-state index in [4.69, 9.17) is 16.3 Å². The molecule has 4 nitrogen and oxygen atoms in total. The second kappa shape index (κ2) is 6.07. The van der Waals surface area contributed by atoms with Crippen molar-refractivity contribution >= 4 is 28.3 Å². The second-order valence-electron chi connectivity index (χ2n) is 4.89. The number of carbonyl (C=O) groups excluding carboxylic acids is 1. The van der Waals surface area contributed by atoms with Crippen molar-refractivity contribution in [2.75, 3.05) is 7.11 Å². The van der Waals surface area contributed by atoms with Crippen LogP contribution in [0.4, 0.5) is 0 Å². The number of hydrogen-bond donors (Lipinski definition) is 0. The van der Waals surface area contributed by atoms with E-state index >= 15 is 0 Å². The molecule has 23 heavy (non-hydrogen) atoms. The molecule has 0 unspecified atom stereocenters. The third-order valence-electron chi connectivity index (χ3n) is 3.54. The van der Waals surface area contributed by atoms with Gasteiger partial charge < -0.3 is 4.74 Å². The lowest BCUT2D eigenvalue weighted by Gasteiger charge is -2.09. The molecular formula is C18H11ClN2O2. The highest BCUT2D eigenvalue weighted by Crippen LogP contribution is 2.31. The zero-order chi connectivity index (χ0) is 16.4. The van der Waals surface area contributed by atoms with Gasteiger partial charge in [0.05, 0.1) is 30.0 Å². The van der Waals surface area contributed by atoms with Crippen molar-refractivity contribution in [2.24, 2.45) is 0 Å². The molecule has 0 amide bonds. The highest BCUT2D eigenvalue weighted by Gasteiger charge is 2.13. The number of rotatable bonds is 2. The van der Waals surface area contributed by atoms with Crippen molar-refractivity contribution in [3.8, 4) is 17.3 Å². The summed E-state index contributed by atoms with van der Waals surface area (Å²) in [4.78, 5) is 16.2. The molecule has 2 aromatic carbocycles. The molecule has 0 saturated heterocycles. The van der Waals surface area contributed by atoms with Crippen LogP contribution in [0.5, 0.6) is 0 Å². The number of carbonyl (C=O) groups is 1. The maximum absolute atomic E-state index is 11.8. The number of hydrogen-bond acceptors (Lipinski definition) is 4. The van der Waals surface area contributed by atoms with E-state index in [0.29, 0.717) is 27.4 Å². The van der Waals surface area contributed by atoms with Crippen molar-refractivity contribution in [1.82, 2.24) is 4.98 Å². The number of nitrogens with zero attached hydrogens (tertiary/aromatic N) is 2. The van der Waals surface area contributed by atoms with Crippen molar-refractivity contribution < 1.29 is 9.53 Å². The molecule has 0 N–H and O–H groups in total. The minimum atomic E-state index is -0.418. The van der Waals surface area contributed by atoms with E-state index in [1.54, 1.807) is 36.5 Å². The van der Waals surface area contributed by atoms with Crippen LogP contribution in [0.1, 0.15) is 15.9 Å². The molecule has 1 aromatic heterocycles. The maximum atomic E-state index is 11.8. The van der Waals surface area contributed by atoms with Crippen LogP contribution >= 0.6 is 11.6 Å². The van der Waals surface area contributed by atoms with Crippen LogP contribution in [0.15, 0.2) is 48.7 Å². The number of methoxy groups -OCH3 is 1. The van der Waals surface area contributed by atoms with Crippen LogP contribution in [-0.4, -0.2) is 18.1 Å². The molecule has 112 valence electrons. The summed E-state index contributed by atoms with van der Waals surface area (Å²) >= 11 is 5.95. The van der Waals surface area contributed by atoms with Crippen molar-refractivity contribution in [2.45, 2.75) is 0 Å². The first-order chi connectivity index (χ1) is 11.1. The normalized spacial score (nSPS) is 10.3. The summed E-state index contributed by atoms with van der Waals surface area (Å²) in [6.07, 6.45) is 1.67. The zero-order valence-corrected chi connectivity index (χ0v) is 13.0. The third-order valence-corrected chi connectivity index (χ3v) is 3.78. The quantitative estimate of drug-likeness (QED) is 0.663. The first-order valence-corrected chi connectivity index (χ1v) is 7.19. The summed E-state index contributed by atoms with van der Waals surface area (Å²) in [6, 6.07) is 14.3. The number of ether oxygens (including phenoxy) is 1. The highest BCUT2D eigenvalue weighted by molar-refractivity contribution is 6.30.